The number of guanidine groups is 1. The Morgan fingerprint density at radius 2 is 2.08 bits per heavy atom. The molecule has 2 rings (SSSR count). The van der Waals surface area contributed by atoms with E-state index in [-0.39, 0.29) is 36.0 Å². The van der Waals surface area contributed by atoms with E-state index < -0.39 is 0 Å². The van der Waals surface area contributed by atoms with Gasteiger partial charge in [-0.15, -0.1) is 24.0 Å². The van der Waals surface area contributed by atoms with E-state index in [0.29, 0.717) is 6.61 Å². The third-order valence-corrected chi connectivity index (χ3v) is 4.55. The quantitative estimate of drug-likeness (QED) is 0.327. The van der Waals surface area contributed by atoms with Crippen molar-refractivity contribution in [1.82, 2.24) is 10.6 Å². The number of ether oxygens (including phenoxy) is 1. The molecule has 0 saturated carbocycles. The van der Waals surface area contributed by atoms with Crippen LogP contribution in [0.5, 0.6) is 0 Å². The normalized spacial score (nSPS) is 20.5. The van der Waals surface area contributed by atoms with Crippen molar-refractivity contribution in [2.75, 3.05) is 40.0 Å². The van der Waals surface area contributed by atoms with Crippen LogP contribution in [0, 0.1) is 5.41 Å². The number of nitrogens with zero attached hydrogens (tertiary/aromatic N) is 1. The number of nitrogens with one attached hydrogen (secondary N) is 2. The highest BCUT2D eigenvalue weighted by Gasteiger charge is 2.34. The minimum atomic E-state index is 0. The predicted molar refractivity (Wildman–Crippen MR) is 110 cm³/mol. The van der Waals surface area contributed by atoms with Gasteiger partial charge in [0.2, 0.25) is 0 Å². The van der Waals surface area contributed by atoms with Gasteiger partial charge in [0, 0.05) is 43.8 Å². The second-order valence-corrected chi connectivity index (χ2v) is 6.44. The highest BCUT2D eigenvalue weighted by atomic mass is 127. The summed E-state index contributed by atoms with van der Waals surface area (Å²) in [7, 11) is 1.77. The Morgan fingerprint density at radius 3 is 2.67 bits per heavy atom. The largest absolute Gasteiger partial charge is 0.396 e. The number of hydrogen-bond donors (Lipinski definition) is 3. The van der Waals surface area contributed by atoms with Crippen LogP contribution in [0.4, 0.5) is 0 Å². The Labute approximate surface area is 166 Å². The average molecular weight is 468 g/mol. The number of hydrogen-bond acceptors (Lipinski definition) is 3. The van der Waals surface area contributed by atoms with Gasteiger partial charge in [-0.1, -0.05) is 23.7 Å². The second kappa shape index (κ2) is 11.1. The predicted octanol–water partition coefficient (Wildman–Crippen LogP) is 2.45. The van der Waals surface area contributed by atoms with Crippen molar-refractivity contribution in [2.45, 2.75) is 19.3 Å². The van der Waals surface area contributed by atoms with E-state index >= 15 is 0 Å². The first-order valence-electron chi connectivity index (χ1n) is 8.05. The third kappa shape index (κ3) is 6.74. The first kappa shape index (κ1) is 21.5. The van der Waals surface area contributed by atoms with E-state index in [1.54, 1.807) is 7.05 Å². The van der Waals surface area contributed by atoms with Crippen molar-refractivity contribution in [3.63, 3.8) is 0 Å². The van der Waals surface area contributed by atoms with Gasteiger partial charge in [-0.2, -0.15) is 0 Å². The molecule has 0 radical (unpaired) electrons. The number of aliphatic imine (C=N–C) groups is 1. The van der Waals surface area contributed by atoms with Gasteiger partial charge in [0.25, 0.3) is 0 Å². The van der Waals surface area contributed by atoms with Crippen molar-refractivity contribution in [3.05, 3.63) is 34.9 Å². The van der Waals surface area contributed by atoms with Crippen LogP contribution in [0.15, 0.2) is 29.3 Å². The summed E-state index contributed by atoms with van der Waals surface area (Å²) in [6.45, 7) is 3.21. The van der Waals surface area contributed by atoms with E-state index in [4.69, 9.17) is 16.3 Å². The molecule has 3 N–H and O–H groups in total. The number of aliphatic hydroxyl groups is 1. The molecule has 0 aromatic heterocycles. The summed E-state index contributed by atoms with van der Waals surface area (Å²) in [6, 6.07) is 7.88. The van der Waals surface area contributed by atoms with E-state index in [2.05, 4.69) is 15.6 Å². The molecule has 136 valence electrons. The lowest BCUT2D eigenvalue weighted by molar-refractivity contribution is 0.127. The lowest BCUT2D eigenvalue weighted by atomic mass is 9.84. The van der Waals surface area contributed by atoms with Gasteiger partial charge in [0.1, 0.15) is 0 Å². The van der Waals surface area contributed by atoms with Gasteiger partial charge >= 0.3 is 0 Å². The van der Waals surface area contributed by atoms with Crippen molar-refractivity contribution >= 4 is 41.5 Å². The van der Waals surface area contributed by atoms with Crippen molar-refractivity contribution in [2.24, 2.45) is 10.4 Å². The summed E-state index contributed by atoms with van der Waals surface area (Å²) >= 11 is 5.89. The molecule has 1 unspecified atom stereocenters. The number of aliphatic hydroxyl groups excluding tert-OH is 1. The van der Waals surface area contributed by atoms with Gasteiger partial charge in [-0.25, -0.2) is 0 Å². The van der Waals surface area contributed by atoms with Gasteiger partial charge in [0.15, 0.2) is 5.96 Å². The molecule has 1 aromatic rings. The standard InChI is InChI=1S/C17H26ClN3O2.HI/c1-19-16(20-9-6-14-2-4-15(18)5-3-14)21-12-17(7-10-22)8-11-23-13-17;/h2-5,22H,6-13H2,1H3,(H2,19,20,21);1H. The number of rotatable bonds is 7. The summed E-state index contributed by atoms with van der Waals surface area (Å²) in [4.78, 5) is 4.26. The van der Waals surface area contributed by atoms with Gasteiger partial charge < -0.3 is 20.5 Å². The van der Waals surface area contributed by atoms with Crippen LogP contribution >= 0.6 is 35.6 Å². The van der Waals surface area contributed by atoms with Gasteiger partial charge in [-0.05, 0) is 37.0 Å². The summed E-state index contributed by atoms with van der Waals surface area (Å²) in [5.74, 6) is 0.781. The van der Waals surface area contributed by atoms with Crippen LogP contribution in [-0.2, 0) is 11.2 Å². The molecular formula is C17H27ClIN3O2. The molecule has 1 heterocycles. The van der Waals surface area contributed by atoms with Crippen LogP contribution in [0.25, 0.3) is 0 Å². The molecule has 1 saturated heterocycles. The first-order valence-corrected chi connectivity index (χ1v) is 8.43. The Bertz CT molecular complexity index is 505. The molecule has 1 atom stereocenters. The Morgan fingerprint density at radius 1 is 1.33 bits per heavy atom. The number of benzene rings is 1. The molecule has 0 spiro atoms. The molecule has 24 heavy (non-hydrogen) atoms. The maximum atomic E-state index is 9.26. The fraction of sp³-hybridized carbons (Fsp3) is 0.588. The maximum absolute atomic E-state index is 9.26. The molecule has 1 aliphatic heterocycles. The molecule has 5 nitrogen and oxygen atoms in total. The molecule has 1 aromatic carbocycles. The lowest BCUT2D eigenvalue weighted by Gasteiger charge is -2.27. The van der Waals surface area contributed by atoms with Crippen molar-refractivity contribution in [3.8, 4) is 0 Å². The van der Waals surface area contributed by atoms with Crippen LogP contribution in [0.2, 0.25) is 5.02 Å². The Balaban J connectivity index is 0.00000288. The number of halogens is 2. The molecule has 0 aliphatic carbocycles. The van der Waals surface area contributed by atoms with E-state index in [1.165, 1.54) is 5.56 Å². The van der Waals surface area contributed by atoms with Gasteiger partial charge in [0.05, 0.1) is 6.61 Å². The molecular weight excluding hydrogens is 441 g/mol. The minimum Gasteiger partial charge on any atom is -0.396 e. The monoisotopic (exact) mass is 467 g/mol. The molecule has 0 amide bonds. The van der Waals surface area contributed by atoms with Gasteiger partial charge in [-0.3, -0.25) is 4.99 Å². The zero-order valence-corrected chi connectivity index (χ0v) is 17.1. The SMILES string of the molecule is CN=C(NCCc1ccc(Cl)cc1)NCC1(CCO)CCOC1.I. The van der Waals surface area contributed by atoms with E-state index in [9.17, 15) is 5.11 Å². The zero-order valence-electron chi connectivity index (χ0n) is 14.1. The molecule has 1 fully saturated rings. The summed E-state index contributed by atoms with van der Waals surface area (Å²) in [6.07, 6.45) is 2.63. The lowest BCUT2D eigenvalue weighted by Crippen LogP contribution is -2.45. The van der Waals surface area contributed by atoms with Crippen LogP contribution in [0.1, 0.15) is 18.4 Å². The molecule has 7 heteroatoms. The van der Waals surface area contributed by atoms with Crippen LogP contribution < -0.4 is 10.6 Å². The summed E-state index contributed by atoms with van der Waals surface area (Å²) in [5.41, 5.74) is 1.25. The maximum Gasteiger partial charge on any atom is 0.191 e. The highest BCUT2D eigenvalue weighted by Crippen LogP contribution is 2.31. The molecule has 0 bridgehead atoms. The first-order chi connectivity index (χ1) is 11.2. The summed E-state index contributed by atoms with van der Waals surface area (Å²) < 4.78 is 5.51. The third-order valence-electron chi connectivity index (χ3n) is 4.30. The summed E-state index contributed by atoms with van der Waals surface area (Å²) in [5, 5.41) is 16.7. The Kier molecular flexibility index (Phi) is 9.95. The van der Waals surface area contributed by atoms with Crippen LogP contribution in [0.3, 0.4) is 0 Å². The Hall–Kier alpha value is -0.570. The second-order valence-electron chi connectivity index (χ2n) is 6.01. The minimum absolute atomic E-state index is 0. The van der Waals surface area contributed by atoms with Crippen LogP contribution in [-0.4, -0.2) is 51.0 Å². The molecule has 1 aliphatic rings. The van der Waals surface area contributed by atoms with Crippen molar-refractivity contribution in [1.29, 1.82) is 0 Å². The smallest absolute Gasteiger partial charge is 0.191 e. The average Bonchev–Trinajstić information content (AvgIpc) is 3.02. The highest BCUT2D eigenvalue weighted by molar-refractivity contribution is 14.0. The fourth-order valence-electron chi connectivity index (χ4n) is 2.78. The van der Waals surface area contributed by atoms with E-state index in [0.717, 1.165) is 49.9 Å². The fourth-order valence-corrected chi connectivity index (χ4v) is 2.91. The topological polar surface area (TPSA) is 65.9 Å². The van der Waals surface area contributed by atoms with E-state index in [1.807, 2.05) is 24.3 Å². The zero-order chi connectivity index (χ0) is 16.5. The van der Waals surface area contributed by atoms with Crippen molar-refractivity contribution < 1.29 is 9.84 Å².